The number of likely N-dealkylation sites (tertiary alicyclic amines) is 1. The van der Waals surface area contributed by atoms with Crippen LogP contribution in [0.1, 0.15) is 46.9 Å². The maximum absolute atomic E-state index is 5.45. The number of aryl methyl sites for hydroxylation is 2. The summed E-state index contributed by atoms with van der Waals surface area (Å²) in [5.74, 6) is 1.77. The fourth-order valence-electron chi connectivity index (χ4n) is 3.79. The quantitative estimate of drug-likeness (QED) is 0.273. The fraction of sp³-hybridized carbons (Fsp3) is 0.565. The molecule has 0 aliphatic carbocycles. The van der Waals surface area contributed by atoms with Gasteiger partial charge in [-0.15, -0.1) is 35.3 Å². The molecule has 172 valence electrons. The van der Waals surface area contributed by atoms with Gasteiger partial charge in [0.05, 0.1) is 30.4 Å². The molecule has 0 radical (unpaired) electrons. The second-order valence-corrected chi connectivity index (χ2v) is 8.97. The van der Waals surface area contributed by atoms with Crippen LogP contribution >= 0.6 is 35.3 Å². The van der Waals surface area contributed by atoms with E-state index in [1.165, 1.54) is 28.3 Å². The third-order valence-electron chi connectivity index (χ3n) is 5.53. The number of nitrogens with zero attached hydrogens (tertiary/aromatic N) is 3. The minimum atomic E-state index is 0. The summed E-state index contributed by atoms with van der Waals surface area (Å²) >= 11 is 1.79. The highest BCUT2D eigenvalue weighted by molar-refractivity contribution is 14.0. The standard InChI is InChI=1S/C23H35N5OS.HI/c1-5-24-23(25-12-11-22-27-17(2)18(3)30-22)26-16-21(28-13-6-7-14-28)19-9-8-10-20(15-19)29-4;/h8-10,15,21H,5-7,11-14,16H2,1-4H3,(H2,24,25,26);1H. The lowest BCUT2D eigenvalue weighted by Gasteiger charge is -2.27. The maximum Gasteiger partial charge on any atom is 0.191 e. The van der Waals surface area contributed by atoms with Crippen molar-refractivity contribution in [3.63, 3.8) is 0 Å². The van der Waals surface area contributed by atoms with Crippen LogP contribution in [0.25, 0.3) is 0 Å². The van der Waals surface area contributed by atoms with Crippen molar-refractivity contribution in [2.75, 3.05) is 39.8 Å². The summed E-state index contributed by atoms with van der Waals surface area (Å²) < 4.78 is 5.45. The van der Waals surface area contributed by atoms with E-state index in [1.54, 1.807) is 18.4 Å². The Morgan fingerprint density at radius 1 is 1.26 bits per heavy atom. The smallest absolute Gasteiger partial charge is 0.191 e. The summed E-state index contributed by atoms with van der Waals surface area (Å²) in [5, 5.41) is 8.04. The Labute approximate surface area is 207 Å². The summed E-state index contributed by atoms with van der Waals surface area (Å²) in [6.07, 6.45) is 3.43. The SMILES string of the molecule is CCNC(=NCC(c1cccc(OC)c1)N1CCCC1)NCCc1nc(C)c(C)s1.I. The van der Waals surface area contributed by atoms with Crippen molar-refractivity contribution in [3.8, 4) is 5.75 Å². The average Bonchev–Trinajstić information content (AvgIpc) is 3.38. The number of hydrogen-bond acceptors (Lipinski definition) is 5. The predicted octanol–water partition coefficient (Wildman–Crippen LogP) is 4.32. The van der Waals surface area contributed by atoms with Crippen LogP contribution in [0.5, 0.6) is 5.75 Å². The van der Waals surface area contributed by atoms with E-state index in [4.69, 9.17) is 9.73 Å². The highest BCUT2D eigenvalue weighted by Crippen LogP contribution is 2.28. The zero-order valence-corrected chi connectivity index (χ0v) is 22.3. The first-order chi connectivity index (χ1) is 14.6. The van der Waals surface area contributed by atoms with Gasteiger partial charge in [-0.3, -0.25) is 9.89 Å². The van der Waals surface area contributed by atoms with Crippen molar-refractivity contribution in [3.05, 3.63) is 45.4 Å². The van der Waals surface area contributed by atoms with Gasteiger partial charge in [0.1, 0.15) is 5.75 Å². The average molecular weight is 558 g/mol. The molecule has 31 heavy (non-hydrogen) atoms. The fourth-order valence-corrected chi connectivity index (χ4v) is 4.72. The molecule has 1 aliphatic heterocycles. The molecule has 2 N–H and O–H groups in total. The molecule has 2 aromatic rings. The molecule has 0 bridgehead atoms. The summed E-state index contributed by atoms with van der Waals surface area (Å²) in [5.41, 5.74) is 2.41. The Balaban J connectivity index is 0.00000341. The minimum absolute atomic E-state index is 0. The summed E-state index contributed by atoms with van der Waals surface area (Å²) in [6.45, 7) is 11.0. The van der Waals surface area contributed by atoms with Gasteiger partial charge in [-0.1, -0.05) is 12.1 Å². The monoisotopic (exact) mass is 557 g/mol. The molecule has 1 atom stereocenters. The van der Waals surface area contributed by atoms with E-state index >= 15 is 0 Å². The predicted molar refractivity (Wildman–Crippen MR) is 141 cm³/mol. The lowest BCUT2D eigenvalue weighted by molar-refractivity contribution is 0.251. The first kappa shape index (κ1) is 25.9. The highest BCUT2D eigenvalue weighted by Gasteiger charge is 2.23. The molecule has 1 saturated heterocycles. The van der Waals surface area contributed by atoms with Gasteiger partial charge in [0, 0.05) is 24.4 Å². The van der Waals surface area contributed by atoms with Crippen LogP contribution in [0, 0.1) is 13.8 Å². The van der Waals surface area contributed by atoms with Gasteiger partial charge >= 0.3 is 0 Å². The number of rotatable bonds is 9. The van der Waals surface area contributed by atoms with E-state index in [0.717, 1.165) is 56.5 Å². The zero-order valence-electron chi connectivity index (χ0n) is 19.1. The van der Waals surface area contributed by atoms with Crippen molar-refractivity contribution < 1.29 is 4.74 Å². The maximum atomic E-state index is 5.45. The molecule has 1 aliphatic rings. The van der Waals surface area contributed by atoms with Crippen LogP contribution in [-0.2, 0) is 6.42 Å². The van der Waals surface area contributed by atoms with Crippen LogP contribution < -0.4 is 15.4 Å². The largest absolute Gasteiger partial charge is 0.497 e. The number of thiazole rings is 1. The lowest BCUT2D eigenvalue weighted by atomic mass is 10.1. The molecule has 1 aromatic carbocycles. The van der Waals surface area contributed by atoms with Crippen molar-refractivity contribution in [2.24, 2.45) is 4.99 Å². The molecule has 1 unspecified atom stereocenters. The molecule has 1 aromatic heterocycles. The summed E-state index contributed by atoms with van der Waals surface area (Å²) in [7, 11) is 1.72. The Morgan fingerprint density at radius 2 is 2.03 bits per heavy atom. The minimum Gasteiger partial charge on any atom is -0.497 e. The molecule has 2 heterocycles. The Hall–Kier alpha value is -1.39. The third-order valence-corrected chi connectivity index (χ3v) is 6.66. The second kappa shape index (κ2) is 13.2. The molecule has 0 saturated carbocycles. The van der Waals surface area contributed by atoms with Crippen molar-refractivity contribution >= 4 is 41.3 Å². The van der Waals surface area contributed by atoms with Crippen molar-refractivity contribution in [2.45, 2.75) is 46.1 Å². The summed E-state index contributed by atoms with van der Waals surface area (Å²) in [4.78, 5) is 13.4. The normalized spacial score (nSPS) is 15.4. The highest BCUT2D eigenvalue weighted by atomic mass is 127. The number of aliphatic imine (C=N–C) groups is 1. The number of nitrogens with one attached hydrogen (secondary N) is 2. The van der Waals surface area contributed by atoms with Gasteiger partial charge in [0.25, 0.3) is 0 Å². The Morgan fingerprint density at radius 3 is 2.68 bits per heavy atom. The van der Waals surface area contributed by atoms with Crippen LogP contribution in [0.4, 0.5) is 0 Å². The van der Waals surface area contributed by atoms with E-state index in [0.29, 0.717) is 0 Å². The molecule has 1 fully saturated rings. The number of methoxy groups -OCH3 is 1. The van der Waals surface area contributed by atoms with E-state index < -0.39 is 0 Å². The van der Waals surface area contributed by atoms with E-state index in [9.17, 15) is 0 Å². The molecule has 0 spiro atoms. The van der Waals surface area contributed by atoms with E-state index in [2.05, 4.69) is 59.5 Å². The van der Waals surface area contributed by atoms with Crippen molar-refractivity contribution in [1.82, 2.24) is 20.5 Å². The Kier molecular flexibility index (Phi) is 11.0. The van der Waals surface area contributed by atoms with Gasteiger partial charge in [0.15, 0.2) is 5.96 Å². The van der Waals surface area contributed by atoms with Gasteiger partial charge in [0.2, 0.25) is 0 Å². The van der Waals surface area contributed by atoms with E-state index in [-0.39, 0.29) is 30.0 Å². The first-order valence-electron chi connectivity index (χ1n) is 10.9. The number of ether oxygens (including phenoxy) is 1. The molecule has 3 rings (SSSR count). The molecule has 8 heteroatoms. The number of halogens is 1. The second-order valence-electron chi connectivity index (χ2n) is 7.68. The lowest BCUT2D eigenvalue weighted by Crippen LogP contribution is -2.39. The molecule has 6 nitrogen and oxygen atoms in total. The van der Waals surface area contributed by atoms with Gasteiger partial charge in [-0.2, -0.15) is 0 Å². The number of hydrogen-bond donors (Lipinski definition) is 2. The van der Waals surface area contributed by atoms with Gasteiger partial charge in [-0.05, 0) is 64.4 Å². The van der Waals surface area contributed by atoms with Crippen LogP contribution in [-0.4, -0.2) is 55.7 Å². The zero-order chi connectivity index (χ0) is 21.3. The van der Waals surface area contributed by atoms with Crippen LogP contribution in [0.2, 0.25) is 0 Å². The van der Waals surface area contributed by atoms with Gasteiger partial charge in [-0.25, -0.2) is 4.98 Å². The third kappa shape index (κ3) is 7.61. The number of guanidine groups is 1. The topological polar surface area (TPSA) is 61.8 Å². The number of benzene rings is 1. The summed E-state index contributed by atoms with van der Waals surface area (Å²) in [6, 6.07) is 8.67. The number of aromatic nitrogens is 1. The molecular weight excluding hydrogens is 521 g/mol. The van der Waals surface area contributed by atoms with Crippen molar-refractivity contribution in [1.29, 1.82) is 0 Å². The molecule has 0 amide bonds. The van der Waals surface area contributed by atoms with Crippen LogP contribution in [0.3, 0.4) is 0 Å². The molecular formula is C23H36IN5OS. The van der Waals surface area contributed by atoms with E-state index in [1.807, 2.05) is 6.07 Å². The first-order valence-corrected chi connectivity index (χ1v) is 11.8. The van der Waals surface area contributed by atoms with Crippen LogP contribution in [0.15, 0.2) is 29.3 Å². The van der Waals surface area contributed by atoms with Gasteiger partial charge < -0.3 is 15.4 Å². The Bertz CT molecular complexity index is 816.